The summed E-state index contributed by atoms with van der Waals surface area (Å²) in [5, 5.41) is 0. The van der Waals surface area contributed by atoms with Crippen LogP contribution < -0.4 is 0 Å². The highest BCUT2D eigenvalue weighted by Crippen LogP contribution is 1.47. The molecule has 0 aliphatic carbocycles. The number of halogens is 1. The van der Waals surface area contributed by atoms with Gasteiger partial charge in [0.2, 0.25) is 0 Å². The van der Waals surface area contributed by atoms with E-state index in [9.17, 15) is 4.39 Å². The van der Waals surface area contributed by atoms with Crippen LogP contribution in [0.4, 0.5) is 4.39 Å². The fourth-order valence-corrected chi connectivity index (χ4v) is 0.0273. The van der Waals surface area contributed by atoms with Gasteiger partial charge in [0.25, 0.3) is 0 Å². The van der Waals surface area contributed by atoms with Gasteiger partial charge in [-0.2, -0.15) is 0 Å². The summed E-state index contributed by atoms with van der Waals surface area (Å²) in [5.74, 6) is 3.50. The second-order valence-corrected chi connectivity index (χ2v) is 0.364. The molecular formula is C4HF. The molecule has 0 aromatic rings. The highest BCUT2D eigenvalue weighted by Gasteiger charge is 1.40. The Bertz CT molecular complexity index is 97.0. The summed E-state index contributed by atoms with van der Waals surface area (Å²) in [4.78, 5) is 0. The van der Waals surface area contributed by atoms with Crippen LogP contribution in [-0.2, 0) is 0 Å². The van der Waals surface area contributed by atoms with Crippen molar-refractivity contribution in [3.63, 3.8) is 0 Å². The highest BCUT2D eigenvalue weighted by molar-refractivity contribution is 5.18. The van der Waals surface area contributed by atoms with Gasteiger partial charge in [-0.15, -0.1) is 10.8 Å². The minimum Gasteiger partial charge on any atom is -0.143 e. The van der Waals surface area contributed by atoms with Gasteiger partial charge in [-0.3, -0.25) is 0 Å². The van der Waals surface area contributed by atoms with Crippen LogP contribution in [0.5, 0.6) is 0 Å². The third kappa shape index (κ3) is 3.05. The SMILES string of the molecule is C#CC#CF. The number of rotatable bonds is 0. The van der Waals surface area contributed by atoms with Crippen LogP contribution in [0.1, 0.15) is 0 Å². The molecule has 1 heteroatoms. The molecular weight excluding hydrogens is 67.0 g/mol. The molecule has 0 rings (SSSR count). The Morgan fingerprint density at radius 3 is 2.20 bits per heavy atom. The lowest BCUT2D eigenvalue weighted by atomic mass is 10.7. The molecule has 0 nitrogen and oxygen atoms in total. The van der Waals surface area contributed by atoms with Crippen LogP contribution in [0.2, 0.25) is 0 Å². The first kappa shape index (κ1) is 4.05. The monoisotopic (exact) mass is 68.0 g/mol. The van der Waals surface area contributed by atoms with Crippen molar-refractivity contribution in [1.82, 2.24) is 0 Å². The van der Waals surface area contributed by atoms with E-state index in [1.165, 1.54) is 0 Å². The van der Waals surface area contributed by atoms with Gasteiger partial charge in [-0.25, -0.2) is 0 Å². The van der Waals surface area contributed by atoms with Crippen LogP contribution in [0.15, 0.2) is 0 Å². The van der Waals surface area contributed by atoms with Crippen molar-refractivity contribution in [2.75, 3.05) is 0 Å². The largest absolute Gasteiger partial charge is 0.143 e. The van der Waals surface area contributed by atoms with Gasteiger partial charge in [-0.05, 0) is 5.92 Å². The molecule has 24 valence electrons. The van der Waals surface area contributed by atoms with E-state index in [1.807, 2.05) is 0 Å². The first-order valence-electron chi connectivity index (χ1n) is 0.978. The second-order valence-electron chi connectivity index (χ2n) is 0.364. The van der Waals surface area contributed by atoms with Crippen molar-refractivity contribution in [2.45, 2.75) is 0 Å². The zero-order valence-corrected chi connectivity index (χ0v) is 2.46. The molecule has 0 atom stereocenters. The molecule has 0 heterocycles. The van der Waals surface area contributed by atoms with Crippen molar-refractivity contribution >= 4 is 0 Å². The quantitative estimate of drug-likeness (QED) is 0.364. The Morgan fingerprint density at radius 2 is 2.20 bits per heavy atom. The molecule has 0 bridgehead atoms. The molecule has 0 saturated carbocycles. The smallest absolute Gasteiger partial charge is 0.119 e. The summed E-state index contributed by atoms with van der Waals surface area (Å²) in [5.41, 5.74) is 0. The van der Waals surface area contributed by atoms with E-state index in [0.717, 1.165) is 6.17 Å². The molecule has 0 fully saturated rings. The molecule has 0 spiro atoms. The maximum absolute atomic E-state index is 10.5. The van der Waals surface area contributed by atoms with E-state index in [1.54, 1.807) is 11.8 Å². The van der Waals surface area contributed by atoms with Crippen molar-refractivity contribution in [1.29, 1.82) is 0 Å². The Balaban J connectivity index is 3.30. The molecule has 0 radical (unpaired) electrons. The Labute approximate surface area is 30.0 Å². The summed E-state index contributed by atoms with van der Waals surface area (Å²) >= 11 is 0. The highest BCUT2D eigenvalue weighted by atomic mass is 19.1. The summed E-state index contributed by atoms with van der Waals surface area (Å²) in [6.45, 7) is 0. The Kier molecular flexibility index (Phi) is 2.47. The lowest BCUT2D eigenvalue weighted by molar-refractivity contribution is 0.774. The average Bonchev–Trinajstić information content (AvgIpc) is 1.41. The molecule has 0 aromatic heterocycles. The van der Waals surface area contributed by atoms with Crippen LogP contribution in [0.25, 0.3) is 0 Å². The van der Waals surface area contributed by atoms with Crippen LogP contribution >= 0.6 is 0 Å². The van der Waals surface area contributed by atoms with E-state index in [-0.39, 0.29) is 0 Å². The van der Waals surface area contributed by atoms with E-state index < -0.39 is 0 Å². The average molecular weight is 68.0 g/mol. The third-order valence-corrected chi connectivity index (χ3v) is 0.119. The summed E-state index contributed by atoms with van der Waals surface area (Å²) in [6, 6.07) is 0. The molecule has 0 aliphatic rings. The standard InChI is InChI=1S/C4HF/c1-2-3-4-5/h1H. The van der Waals surface area contributed by atoms with Crippen molar-refractivity contribution in [3.05, 3.63) is 0 Å². The summed E-state index contributed by atoms with van der Waals surface area (Å²) in [6.07, 6.45) is 5.51. The molecule has 0 amide bonds. The number of hydrogen-bond acceptors (Lipinski definition) is 0. The molecule has 5 heavy (non-hydrogen) atoms. The maximum Gasteiger partial charge on any atom is 0.119 e. The first-order valence-corrected chi connectivity index (χ1v) is 0.978. The Hall–Kier alpha value is -0.950. The predicted octanol–water partition coefficient (Wildman–Crippen LogP) is 0.550. The van der Waals surface area contributed by atoms with Gasteiger partial charge in [0.05, 0.1) is 0 Å². The zero-order chi connectivity index (χ0) is 4.12. The predicted molar refractivity (Wildman–Crippen MR) is 17.7 cm³/mol. The fourth-order valence-electron chi connectivity index (χ4n) is 0.0273. The van der Waals surface area contributed by atoms with E-state index in [0.29, 0.717) is 0 Å². The van der Waals surface area contributed by atoms with Gasteiger partial charge < -0.3 is 0 Å². The topological polar surface area (TPSA) is 0 Å². The van der Waals surface area contributed by atoms with Gasteiger partial charge in [-0.1, -0.05) is 0 Å². The normalized spacial score (nSPS) is 3.20. The minimum absolute atomic E-state index is 1.03. The molecule has 0 aromatic carbocycles. The summed E-state index contributed by atoms with van der Waals surface area (Å²) < 4.78 is 10.5. The Morgan fingerprint density at radius 1 is 1.60 bits per heavy atom. The minimum atomic E-state index is 1.03. The van der Waals surface area contributed by atoms with Crippen molar-refractivity contribution in [2.24, 2.45) is 0 Å². The molecule has 0 aliphatic heterocycles. The van der Waals surface area contributed by atoms with Gasteiger partial charge in [0, 0.05) is 5.92 Å². The molecule has 0 unspecified atom stereocenters. The molecule has 0 N–H and O–H groups in total. The van der Waals surface area contributed by atoms with Gasteiger partial charge in [0.1, 0.15) is 6.17 Å². The number of hydrogen-bond donors (Lipinski definition) is 0. The van der Waals surface area contributed by atoms with Gasteiger partial charge in [0.15, 0.2) is 0 Å². The number of terminal acetylenes is 1. The zero-order valence-electron chi connectivity index (χ0n) is 2.46. The van der Waals surface area contributed by atoms with Crippen molar-refractivity contribution in [3.8, 4) is 24.4 Å². The van der Waals surface area contributed by atoms with E-state index in [2.05, 4.69) is 6.42 Å². The van der Waals surface area contributed by atoms with Gasteiger partial charge >= 0.3 is 0 Å². The van der Waals surface area contributed by atoms with E-state index in [4.69, 9.17) is 0 Å². The third-order valence-electron chi connectivity index (χ3n) is 0.119. The second kappa shape index (κ2) is 3.05. The lowest BCUT2D eigenvalue weighted by Crippen LogP contribution is -1.34. The van der Waals surface area contributed by atoms with Crippen LogP contribution in [-0.4, -0.2) is 0 Å². The van der Waals surface area contributed by atoms with E-state index >= 15 is 0 Å². The lowest BCUT2D eigenvalue weighted by Gasteiger charge is -1.38. The fraction of sp³-hybridized carbons (Fsp3) is 0. The van der Waals surface area contributed by atoms with Crippen molar-refractivity contribution < 1.29 is 4.39 Å². The molecule has 0 saturated heterocycles. The van der Waals surface area contributed by atoms with Crippen LogP contribution in [0, 0.1) is 24.4 Å². The van der Waals surface area contributed by atoms with Crippen LogP contribution in [0.3, 0.4) is 0 Å². The first-order chi connectivity index (χ1) is 2.41. The summed E-state index contributed by atoms with van der Waals surface area (Å²) in [7, 11) is 0. The maximum atomic E-state index is 10.5.